The standard InChI is InChI=1S/C11H22N2O4/c1-11(2)16-8(7-14)9(17-11)10(15)13-6-4-3-5-12/h8-9,14H,3-7,12H2,1-2H3,(H,13,15)/t8-,9-/m0/s1. The second kappa shape index (κ2) is 6.30. The Bertz CT molecular complexity index is 258. The fourth-order valence-electron chi connectivity index (χ4n) is 1.77. The van der Waals surface area contributed by atoms with Gasteiger partial charge in [-0.25, -0.2) is 0 Å². The van der Waals surface area contributed by atoms with Crippen molar-refractivity contribution in [1.82, 2.24) is 5.32 Å². The Morgan fingerprint density at radius 1 is 1.41 bits per heavy atom. The van der Waals surface area contributed by atoms with Crippen LogP contribution in [0.15, 0.2) is 0 Å². The molecule has 1 amide bonds. The van der Waals surface area contributed by atoms with Crippen LogP contribution in [-0.2, 0) is 14.3 Å². The summed E-state index contributed by atoms with van der Waals surface area (Å²) in [5.41, 5.74) is 5.36. The lowest BCUT2D eigenvalue weighted by Crippen LogP contribution is -2.42. The summed E-state index contributed by atoms with van der Waals surface area (Å²) in [6, 6.07) is 0. The smallest absolute Gasteiger partial charge is 0.252 e. The maximum Gasteiger partial charge on any atom is 0.252 e. The minimum atomic E-state index is -0.827. The highest BCUT2D eigenvalue weighted by atomic mass is 16.8. The average Bonchev–Trinajstić information content (AvgIpc) is 2.60. The predicted molar refractivity (Wildman–Crippen MR) is 62.2 cm³/mol. The maximum atomic E-state index is 11.8. The molecule has 1 fully saturated rings. The molecule has 100 valence electrons. The molecule has 0 spiro atoms. The Hall–Kier alpha value is -0.690. The summed E-state index contributed by atoms with van der Waals surface area (Å²) < 4.78 is 10.9. The maximum absolute atomic E-state index is 11.8. The summed E-state index contributed by atoms with van der Waals surface area (Å²) >= 11 is 0. The second-order valence-corrected chi connectivity index (χ2v) is 4.56. The van der Waals surface area contributed by atoms with Crippen LogP contribution in [0.1, 0.15) is 26.7 Å². The molecule has 1 saturated heterocycles. The van der Waals surface area contributed by atoms with E-state index in [1.165, 1.54) is 0 Å². The van der Waals surface area contributed by atoms with Crippen LogP contribution < -0.4 is 11.1 Å². The van der Waals surface area contributed by atoms with E-state index in [0.717, 1.165) is 12.8 Å². The molecular weight excluding hydrogens is 224 g/mol. The van der Waals surface area contributed by atoms with Crippen LogP contribution in [0.25, 0.3) is 0 Å². The van der Waals surface area contributed by atoms with E-state index in [2.05, 4.69) is 5.32 Å². The highest BCUT2D eigenvalue weighted by Crippen LogP contribution is 2.27. The van der Waals surface area contributed by atoms with Crippen molar-refractivity contribution in [2.24, 2.45) is 5.73 Å². The van der Waals surface area contributed by atoms with Crippen molar-refractivity contribution >= 4 is 5.91 Å². The summed E-state index contributed by atoms with van der Waals surface area (Å²) in [7, 11) is 0. The number of hydrogen-bond acceptors (Lipinski definition) is 5. The Morgan fingerprint density at radius 3 is 2.71 bits per heavy atom. The Balaban J connectivity index is 2.40. The van der Waals surface area contributed by atoms with Crippen LogP contribution in [0.3, 0.4) is 0 Å². The van der Waals surface area contributed by atoms with Crippen molar-refractivity contribution in [3.63, 3.8) is 0 Å². The minimum absolute atomic E-state index is 0.232. The lowest BCUT2D eigenvalue weighted by atomic mass is 10.2. The number of amides is 1. The van der Waals surface area contributed by atoms with Crippen LogP contribution in [-0.4, -0.2) is 48.7 Å². The van der Waals surface area contributed by atoms with E-state index in [9.17, 15) is 4.79 Å². The quantitative estimate of drug-likeness (QED) is 0.542. The molecule has 2 atom stereocenters. The summed E-state index contributed by atoms with van der Waals surface area (Å²) in [5.74, 6) is -1.07. The Morgan fingerprint density at radius 2 is 2.12 bits per heavy atom. The third-order valence-electron chi connectivity index (χ3n) is 2.55. The van der Waals surface area contributed by atoms with Crippen molar-refractivity contribution < 1.29 is 19.4 Å². The Labute approximate surface area is 101 Å². The average molecular weight is 246 g/mol. The van der Waals surface area contributed by atoms with Gasteiger partial charge in [-0.3, -0.25) is 4.79 Å². The number of aliphatic hydroxyl groups excluding tert-OH is 1. The monoisotopic (exact) mass is 246 g/mol. The van der Waals surface area contributed by atoms with E-state index in [-0.39, 0.29) is 12.5 Å². The van der Waals surface area contributed by atoms with Crippen molar-refractivity contribution in [3.05, 3.63) is 0 Å². The van der Waals surface area contributed by atoms with E-state index >= 15 is 0 Å². The fraction of sp³-hybridized carbons (Fsp3) is 0.909. The minimum Gasteiger partial charge on any atom is -0.394 e. The first-order valence-electron chi connectivity index (χ1n) is 5.94. The zero-order valence-corrected chi connectivity index (χ0v) is 10.4. The third kappa shape index (κ3) is 4.23. The van der Waals surface area contributed by atoms with Gasteiger partial charge in [0, 0.05) is 6.54 Å². The number of hydrogen-bond donors (Lipinski definition) is 3. The molecule has 0 unspecified atom stereocenters. The molecule has 0 aromatic carbocycles. The SMILES string of the molecule is CC1(C)O[C@@H](CO)[C@@H](C(=O)NCCCCN)O1. The third-order valence-corrected chi connectivity index (χ3v) is 2.55. The van der Waals surface area contributed by atoms with Crippen LogP contribution in [0, 0.1) is 0 Å². The first-order valence-corrected chi connectivity index (χ1v) is 5.94. The molecule has 0 aliphatic carbocycles. The van der Waals surface area contributed by atoms with Crippen LogP contribution in [0.2, 0.25) is 0 Å². The number of carbonyl (C=O) groups excluding carboxylic acids is 1. The van der Waals surface area contributed by atoms with Crippen molar-refractivity contribution in [2.75, 3.05) is 19.7 Å². The molecule has 0 radical (unpaired) electrons. The number of nitrogens with one attached hydrogen (secondary N) is 1. The largest absolute Gasteiger partial charge is 0.394 e. The molecule has 1 aliphatic heterocycles. The number of ether oxygens (including phenoxy) is 2. The van der Waals surface area contributed by atoms with Crippen LogP contribution >= 0.6 is 0 Å². The topological polar surface area (TPSA) is 93.8 Å². The number of rotatable bonds is 6. The van der Waals surface area contributed by atoms with Crippen LogP contribution in [0.5, 0.6) is 0 Å². The summed E-state index contributed by atoms with van der Waals surface area (Å²) in [6.45, 7) is 4.39. The number of aliphatic hydroxyl groups is 1. The zero-order valence-electron chi connectivity index (χ0n) is 10.4. The van der Waals surface area contributed by atoms with E-state index in [0.29, 0.717) is 13.1 Å². The van der Waals surface area contributed by atoms with E-state index < -0.39 is 18.0 Å². The highest BCUT2D eigenvalue weighted by Gasteiger charge is 2.44. The van der Waals surface area contributed by atoms with Crippen molar-refractivity contribution in [1.29, 1.82) is 0 Å². The normalized spacial score (nSPS) is 27.1. The van der Waals surface area contributed by atoms with Gasteiger partial charge < -0.3 is 25.6 Å². The van der Waals surface area contributed by atoms with Gasteiger partial charge in [-0.05, 0) is 33.2 Å². The number of carbonyl (C=O) groups is 1. The van der Waals surface area contributed by atoms with Gasteiger partial charge in [0.1, 0.15) is 6.10 Å². The molecule has 1 aliphatic rings. The lowest BCUT2D eigenvalue weighted by molar-refractivity contribution is -0.157. The van der Waals surface area contributed by atoms with Gasteiger partial charge in [-0.2, -0.15) is 0 Å². The molecule has 6 heteroatoms. The van der Waals surface area contributed by atoms with Crippen LogP contribution in [0.4, 0.5) is 0 Å². The Kier molecular flexibility index (Phi) is 5.32. The predicted octanol–water partition coefficient (Wildman–Crippen LogP) is -0.646. The molecular formula is C11H22N2O4. The highest BCUT2D eigenvalue weighted by molar-refractivity contribution is 5.81. The lowest BCUT2D eigenvalue weighted by Gasteiger charge is -2.16. The first kappa shape index (κ1) is 14.4. The van der Waals surface area contributed by atoms with Gasteiger partial charge >= 0.3 is 0 Å². The van der Waals surface area contributed by atoms with Gasteiger partial charge in [-0.15, -0.1) is 0 Å². The van der Waals surface area contributed by atoms with Gasteiger partial charge in [0.05, 0.1) is 6.61 Å². The number of nitrogens with two attached hydrogens (primary N) is 1. The van der Waals surface area contributed by atoms with Gasteiger partial charge in [0.2, 0.25) is 0 Å². The van der Waals surface area contributed by atoms with Gasteiger partial charge in [0.15, 0.2) is 11.9 Å². The molecule has 1 rings (SSSR count). The van der Waals surface area contributed by atoms with Crippen molar-refractivity contribution in [2.45, 2.75) is 44.7 Å². The van der Waals surface area contributed by atoms with E-state index in [1.807, 2.05) is 0 Å². The van der Waals surface area contributed by atoms with E-state index in [4.69, 9.17) is 20.3 Å². The molecule has 6 nitrogen and oxygen atoms in total. The number of unbranched alkanes of at least 4 members (excludes halogenated alkanes) is 1. The molecule has 17 heavy (non-hydrogen) atoms. The second-order valence-electron chi connectivity index (χ2n) is 4.56. The molecule has 0 aromatic heterocycles. The molecule has 1 heterocycles. The molecule has 0 bridgehead atoms. The first-order chi connectivity index (χ1) is 8.00. The zero-order chi connectivity index (χ0) is 12.9. The molecule has 4 N–H and O–H groups in total. The molecule has 0 saturated carbocycles. The summed E-state index contributed by atoms with van der Waals surface area (Å²) in [5, 5.41) is 11.9. The van der Waals surface area contributed by atoms with E-state index in [1.54, 1.807) is 13.8 Å². The van der Waals surface area contributed by atoms with Gasteiger partial charge in [0.25, 0.3) is 5.91 Å². The van der Waals surface area contributed by atoms with Crippen molar-refractivity contribution in [3.8, 4) is 0 Å². The van der Waals surface area contributed by atoms with Gasteiger partial charge in [-0.1, -0.05) is 0 Å². The summed E-state index contributed by atoms with van der Waals surface area (Å²) in [4.78, 5) is 11.8. The fourth-order valence-corrected chi connectivity index (χ4v) is 1.77. The summed E-state index contributed by atoms with van der Waals surface area (Å²) in [6.07, 6.45) is 0.368. The molecule has 0 aromatic rings.